The van der Waals surface area contributed by atoms with Gasteiger partial charge >= 0.3 is 0 Å². The molecule has 0 spiro atoms. The van der Waals surface area contributed by atoms with E-state index in [4.69, 9.17) is 15.2 Å². The van der Waals surface area contributed by atoms with Crippen LogP contribution in [-0.2, 0) is 48.7 Å². The number of sulfone groups is 3. The topological polar surface area (TPSA) is 382 Å². The first-order valence-electron chi connectivity index (χ1n) is 30.4. The molecule has 0 radical (unpaired) electrons. The number of ether oxygens (including phenoxy) is 2. The number of aromatic hydroxyl groups is 3. The van der Waals surface area contributed by atoms with Crippen molar-refractivity contribution < 1.29 is 83.2 Å². The van der Waals surface area contributed by atoms with Crippen LogP contribution in [0.4, 0.5) is 44.2 Å². The summed E-state index contributed by atoms with van der Waals surface area (Å²) in [6.45, 7) is 11.3. The highest BCUT2D eigenvalue weighted by Crippen LogP contribution is 2.40. The van der Waals surface area contributed by atoms with Crippen LogP contribution in [0.5, 0.6) is 34.5 Å². The Bertz CT molecular complexity index is 4870. The van der Waals surface area contributed by atoms with Gasteiger partial charge < -0.3 is 62.4 Å². The number of nitrogens with one attached hydrogen (secondary N) is 6. The zero-order valence-corrected chi connectivity index (χ0v) is 57.7. The summed E-state index contributed by atoms with van der Waals surface area (Å²) in [5.74, 6) is -5.72. The zero-order valence-electron chi connectivity index (χ0n) is 55.2. The average Bonchev–Trinajstić information content (AvgIpc) is 0.804. The third-order valence-electron chi connectivity index (χ3n) is 14.8. The molecule has 9 aromatic rings. The summed E-state index contributed by atoms with van der Waals surface area (Å²) in [5.41, 5.74) is 10.1. The number of nitrogens with two attached hydrogens (primary N) is 1. The Morgan fingerprint density at radius 2 is 0.980 bits per heavy atom. The van der Waals surface area contributed by atoms with Gasteiger partial charge in [-0.1, -0.05) is 72.1 Å². The average molecular weight is 1420 g/mol. The normalized spacial score (nSPS) is 11.7. The smallest absolute Gasteiger partial charge is 0.255 e. The van der Waals surface area contributed by atoms with Crippen molar-refractivity contribution in [3.63, 3.8) is 0 Å². The van der Waals surface area contributed by atoms with Crippen LogP contribution in [0.2, 0.25) is 0 Å². The van der Waals surface area contributed by atoms with Crippen LogP contribution in [0.25, 0.3) is 0 Å². The number of methoxy groups -OCH3 is 1. The predicted octanol–water partition coefficient (Wildman–Crippen LogP) is 11.8. The number of nitrogen functional groups attached to an aromatic ring is 1. The Labute approximate surface area is 577 Å². The summed E-state index contributed by atoms with van der Waals surface area (Å²) >= 11 is 0. The number of hydrogen-bond donors (Lipinski definition) is 10. The minimum absolute atomic E-state index is 0.00242. The van der Waals surface area contributed by atoms with Crippen LogP contribution in [0.1, 0.15) is 70.2 Å². The molecule has 9 aromatic carbocycles. The molecule has 2 unspecified atom stereocenters. The van der Waals surface area contributed by atoms with Gasteiger partial charge in [0, 0.05) is 59.8 Å². The lowest BCUT2D eigenvalue weighted by molar-refractivity contribution is -0.116. The van der Waals surface area contributed by atoms with Gasteiger partial charge in [-0.2, -0.15) is 0 Å². The Kier molecular flexibility index (Phi) is 25.1. The Hall–Kier alpha value is -11.6. The lowest BCUT2D eigenvalue weighted by atomic mass is 10.1. The van der Waals surface area contributed by atoms with Crippen molar-refractivity contribution >= 4 is 105 Å². The minimum atomic E-state index is -4.01. The fourth-order valence-electron chi connectivity index (χ4n) is 9.23. The van der Waals surface area contributed by atoms with Gasteiger partial charge in [-0.15, -0.1) is 0 Å². The highest BCUT2D eigenvalue weighted by Gasteiger charge is 2.34. The summed E-state index contributed by atoms with van der Waals surface area (Å²) in [5, 5.41) is 42.6. The van der Waals surface area contributed by atoms with E-state index in [0.717, 1.165) is 34.4 Å². The van der Waals surface area contributed by atoms with E-state index in [1.807, 2.05) is 13.8 Å². The van der Waals surface area contributed by atoms with Crippen LogP contribution in [0, 0.1) is 33.5 Å². The summed E-state index contributed by atoms with van der Waals surface area (Å²) in [4.78, 5) is 74.1. The van der Waals surface area contributed by atoms with Crippen LogP contribution in [0.15, 0.2) is 203 Å². The second kappa shape index (κ2) is 33.1. The maximum atomic E-state index is 14.2. The molecule has 11 N–H and O–H groups in total. The molecule has 0 heterocycles. The molecule has 0 saturated carbocycles. The SMILES string of the molecule is CCC(C(=O)Nc1cc(O)c(NC(C)=O)cc1F)S(=O)(=O)c1ccc(C)cc1.COc1ccc(Oc2cc(NC(=O)c3ccc(C)cc3)c(O)cc2NC(=O)C(C)S(=O)(=O)c2ccc(C)cc2)cc1.Cc1cccc(S(=O)(=O)CC(=O)Nc2ccc(NC(=O)c3ccc(N)cc3)c(O)c2)c1. The Morgan fingerprint density at radius 1 is 0.490 bits per heavy atom. The number of aryl methyl sites for hydroxylation is 4. The first kappa shape index (κ1) is 75.8. The standard InChI is InChI=1S/C31H30N2O7S.C22H21N3O5S.C19H21FN2O5S/c1-19-5-9-22(10-6-19)31(36)32-26-18-29(40-24-13-11-23(39-4)12-14-24)27(17-28(26)34)33-30(35)21(3)41(37,38)25-15-7-20(2)8-16-25;1-14-3-2-4-18(11-14)31(29,30)13-21(27)24-17-9-10-19(20(26)12-17)25-22(28)15-5-7-16(23)8-6-15;1-4-18(28(26,27)13-7-5-11(2)6-8-13)19(25)22-15-10-17(24)16(9-14(15)20)21-12(3)23/h5-18,21,34H,1-4H3,(H,32,36)(H,33,35);2-12,26H,13,23H2,1H3,(H,24,27)(H,25,28);5-10,18,24H,4H2,1-3H3,(H,21,23)(H,22,25). The lowest BCUT2D eigenvalue weighted by Gasteiger charge is -2.18. The monoisotopic (exact) mass is 1420 g/mol. The van der Waals surface area contributed by atoms with E-state index in [-0.39, 0.29) is 66.8 Å². The predicted molar refractivity (Wildman–Crippen MR) is 379 cm³/mol. The molecule has 9 rings (SSSR count). The molecule has 100 heavy (non-hydrogen) atoms. The number of halogens is 1. The Balaban J connectivity index is 0.000000216. The van der Waals surface area contributed by atoms with E-state index < -0.39 is 98.5 Å². The molecular formula is C72H72FN7O17S3. The van der Waals surface area contributed by atoms with Gasteiger partial charge in [0.15, 0.2) is 35.3 Å². The molecule has 0 aromatic heterocycles. The number of benzene rings is 9. The van der Waals surface area contributed by atoms with Crippen molar-refractivity contribution in [2.75, 3.05) is 50.5 Å². The van der Waals surface area contributed by atoms with Gasteiger partial charge in [0.1, 0.15) is 50.8 Å². The summed E-state index contributed by atoms with van der Waals surface area (Å²) in [6, 6.07) is 46.6. The first-order chi connectivity index (χ1) is 47.2. The van der Waals surface area contributed by atoms with Crippen molar-refractivity contribution in [2.24, 2.45) is 0 Å². The van der Waals surface area contributed by atoms with Crippen molar-refractivity contribution in [1.82, 2.24) is 0 Å². The van der Waals surface area contributed by atoms with Gasteiger partial charge in [0.05, 0.1) is 50.2 Å². The van der Waals surface area contributed by atoms with E-state index in [0.29, 0.717) is 28.3 Å². The third kappa shape index (κ3) is 20.2. The second-order valence-electron chi connectivity index (χ2n) is 22.7. The van der Waals surface area contributed by atoms with Crippen LogP contribution < -0.4 is 47.1 Å². The maximum absolute atomic E-state index is 14.2. The molecular weight excluding hydrogens is 1350 g/mol. The van der Waals surface area contributed by atoms with E-state index in [1.165, 1.54) is 94.6 Å². The van der Waals surface area contributed by atoms with E-state index >= 15 is 0 Å². The number of phenolic OH excluding ortho intramolecular Hbond substituents is 3. The fraction of sp³-hybridized carbons (Fsp3) is 0.167. The number of anilines is 7. The van der Waals surface area contributed by atoms with Gasteiger partial charge in [-0.05, 0) is 156 Å². The summed E-state index contributed by atoms with van der Waals surface area (Å²) < 4.78 is 102. The number of hydrogen-bond acceptors (Lipinski definition) is 18. The van der Waals surface area contributed by atoms with E-state index in [2.05, 4.69) is 31.9 Å². The van der Waals surface area contributed by atoms with Gasteiger partial charge in [-0.25, -0.2) is 29.6 Å². The Morgan fingerprint density at radius 3 is 1.51 bits per heavy atom. The fourth-order valence-corrected chi connectivity index (χ4v) is 13.4. The number of carbonyl (C=O) groups excluding carboxylic acids is 6. The second-order valence-corrected chi connectivity index (χ2v) is 29.0. The molecule has 2 atom stereocenters. The van der Waals surface area contributed by atoms with Crippen LogP contribution >= 0.6 is 0 Å². The number of amides is 6. The maximum Gasteiger partial charge on any atom is 0.255 e. The van der Waals surface area contributed by atoms with E-state index in [1.54, 1.807) is 123 Å². The number of carbonyl (C=O) groups is 6. The quantitative estimate of drug-likeness (QED) is 0.0236. The molecule has 24 nitrogen and oxygen atoms in total. The van der Waals surface area contributed by atoms with Crippen molar-refractivity contribution in [1.29, 1.82) is 0 Å². The van der Waals surface area contributed by atoms with Gasteiger partial charge in [0.25, 0.3) is 11.8 Å². The number of phenols is 3. The molecule has 6 amide bonds. The summed E-state index contributed by atoms with van der Waals surface area (Å²) in [6.07, 6.45) is -0.0282. The number of rotatable bonds is 21. The molecule has 0 aliphatic heterocycles. The van der Waals surface area contributed by atoms with Crippen LogP contribution in [-0.4, -0.2) is 99.4 Å². The summed E-state index contributed by atoms with van der Waals surface area (Å²) in [7, 11) is -10.3. The molecule has 0 fully saturated rings. The highest BCUT2D eigenvalue weighted by atomic mass is 32.2. The molecule has 0 aliphatic rings. The van der Waals surface area contributed by atoms with E-state index in [9.17, 15) is 73.7 Å². The van der Waals surface area contributed by atoms with Crippen molar-refractivity contribution in [3.05, 3.63) is 227 Å². The largest absolute Gasteiger partial charge is 0.506 e. The minimum Gasteiger partial charge on any atom is -0.506 e. The molecule has 28 heteroatoms. The molecule has 0 bridgehead atoms. The third-order valence-corrected chi connectivity index (χ3v) is 20.7. The lowest BCUT2D eigenvalue weighted by Crippen LogP contribution is -2.35. The molecule has 0 saturated heterocycles. The molecule has 522 valence electrons. The molecule has 0 aliphatic carbocycles. The van der Waals surface area contributed by atoms with Crippen molar-refractivity contribution in [3.8, 4) is 34.5 Å². The van der Waals surface area contributed by atoms with Crippen molar-refractivity contribution in [2.45, 2.75) is 80.1 Å². The van der Waals surface area contributed by atoms with Gasteiger partial charge in [0.2, 0.25) is 23.6 Å². The van der Waals surface area contributed by atoms with Crippen LogP contribution in [0.3, 0.4) is 0 Å². The highest BCUT2D eigenvalue weighted by molar-refractivity contribution is 7.93. The van der Waals surface area contributed by atoms with Gasteiger partial charge in [-0.3, -0.25) is 28.8 Å². The first-order valence-corrected chi connectivity index (χ1v) is 35.1. The zero-order chi connectivity index (χ0) is 73.4.